The first kappa shape index (κ1) is 15.1. The Balaban J connectivity index is 3.17. The molecule has 0 fully saturated rings. The second kappa shape index (κ2) is 5.81. The fourth-order valence-corrected chi connectivity index (χ4v) is 3.66. The molecule has 0 spiro atoms. The van der Waals surface area contributed by atoms with E-state index in [2.05, 4.69) is 10.2 Å². The number of aromatic nitrogens is 2. The Morgan fingerprint density at radius 1 is 1.50 bits per heavy atom. The van der Waals surface area contributed by atoms with E-state index in [1.54, 1.807) is 14.0 Å². The average molecular weight is 274 g/mol. The molecule has 0 aliphatic carbocycles. The lowest BCUT2D eigenvalue weighted by atomic mass is 10.2. The Morgan fingerprint density at radius 3 is 2.61 bits per heavy atom. The summed E-state index contributed by atoms with van der Waals surface area (Å²) in [5.41, 5.74) is 6.46. The minimum atomic E-state index is -3.53. The van der Waals surface area contributed by atoms with Crippen LogP contribution in [0.1, 0.15) is 38.1 Å². The molecule has 7 heteroatoms. The number of hydrogen-bond donors (Lipinski definition) is 2. The summed E-state index contributed by atoms with van der Waals surface area (Å²) >= 11 is 0. The number of sulfonamides is 1. The fraction of sp³-hybridized carbons (Fsp3) is 0.727. The molecule has 1 heterocycles. The highest BCUT2D eigenvalue weighted by molar-refractivity contribution is 7.89. The molecular formula is C11H22N4O2S. The van der Waals surface area contributed by atoms with Crippen LogP contribution in [0, 0.1) is 6.92 Å². The normalized spacial score (nSPS) is 14.1. The maximum atomic E-state index is 12.5. The predicted octanol–water partition coefficient (Wildman–Crippen LogP) is 0.986. The van der Waals surface area contributed by atoms with Crippen molar-refractivity contribution in [1.29, 1.82) is 0 Å². The van der Waals surface area contributed by atoms with E-state index in [0.717, 1.165) is 12.8 Å². The van der Waals surface area contributed by atoms with Crippen LogP contribution in [0.2, 0.25) is 0 Å². The molecule has 0 saturated heterocycles. The number of nitrogens with one attached hydrogen (secondary N) is 1. The molecule has 0 saturated carbocycles. The Morgan fingerprint density at radius 2 is 2.11 bits per heavy atom. The van der Waals surface area contributed by atoms with Crippen molar-refractivity contribution in [2.45, 2.75) is 51.1 Å². The van der Waals surface area contributed by atoms with Crippen molar-refractivity contribution in [1.82, 2.24) is 14.5 Å². The van der Waals surface area contributed by atoms with E-state index in [9.17, 15) is 8.42 Å². The highest BCUT2D eigenvalue weighted by Gasteiger charge is 2.30. The van der Waals surface area contributed by atoms with E-state index < -0.39 is 10.0 Å². The van der Waals surface area contributed by atoms with Crippen LogP contribution < -0.4 is 5.73 Å². The molecule has 1 rings (SSSR count). The zero-order chi connectivity index (χ0) is 13.9. The predicted molar refractivity (Wildman–Crippen MR) is 70.5 cm³/mol. The SMILES string of the molecule is CCCC(C)N(C)S(=O)(=O)c1c(CN)n[nH]c1C. The zero-order valence-electron chi connectivity index (χ0n) is 11.4. The summed E-state index contributed by atoms with van der Waals surface area (Å²) in [4.78, 5) is 0.218. The lowest BCUT2D eigenvalue weighted by molar-refractivity contribution is 0.368. The summed E-state index contributed by atoms with van der Waals surface area (Å²) in [6.07, 6.45) is 1.76. The third-order valence-corrected chi connectivity index (χ3v) is 5.29. The van der Waals surface area contributed by atoms with Crippen LogP contribution in [0.5, 0.6) is 0 Å². The fourth-order valence-electron chi connectivity index (χ4n) is 1.93. The first-order valence-corrected chi connectivity index (χ1v) is 7.52. The minimum Gasteiger partial charge on any atom is -0.325 e. The van der Waals surface area contributed by atoms with E-state index in [1.165, 1.54) is 4.31 Å². The smallest absolute Gasteiger partial charge is 0.246 e. The largest absolute Gasteiger partial charge is 0.325 e. The van der Waals surface area contributed by atoms with Gasteiger partial charge in [-0.15, -0.1) is 0 Å². The molecule has 6 nitrogen and oxygen atoms in total. The van der Waals surface area contributed by atoms with Gasteiger partial charge in [0, 0.05) is 19.6 Å². The number of nitrogens with two attached hydrogens (primary N) is 1. The van der Waals surface area contributed by atoms with Gasteiger partial charge in [-0.2, -0.15) is 9.40 Å². The van der Waals surface area contributed by atoms with Gasteiger partial charge < -0.3 is 5.73 Å². The Bertz CT molecular complexity index is 495. The van der Waals surface area contributed by atoms with Crippen LogP contribution in [0.3, 0.4) is 0 Å². The van der Waals surface area contributed by atoms with Crippen molar-refractivity contribution in [2.24, 2.45) is 5.73 Å². The van der Waals surface area contributed by atoms with E-state index in [0.29, 0.717) is 11.4 Å². The van der Waals surface area contributed by atoms with Gasteiger partial charge in [0.2, 0.25) is 10.0 Å². The van der Waals surface area contributed by atoms with Gasteiger partial charge >= 0.3 is 0 Å². The molecule has 1 aromatic rings. The molecule has 0 amide bonds. The number of aromatic amines is 1. The van der Waals surface area contributed by atoms with Gasteiger partial charge in [-0.1, -0.05) is 13.3 Å². The summed E-state index contributed by atoms with van der Waals surface area (Å²) in [5.74, 6) is 0. The molecule has 3 N–H and O–H groups in total. The lowest BCUT2D eigenvalue weighted by Crippen LogP contribution is -2.35. The van der Waals surface area contributed by atoms with Crippen molar-refractivity contribution in [3.8, 4) is 0 Å². The van der Waals surface area contributed by atoms with Crippen LogP contribution >= 0.6 is 0 Å². The van der Waals surface area contributed by atoms with Crippen LogP contribution in [-0.2, 0) is 16.6 Å². The van der Waals surface area contributed by atoms with Crippen molar-refractivity contribution in [3.05, 3.63) is 11.4 Å². The van der Waals surface area contributed by atoms with E-state index in [-0.39, 0.29) is 17.5 Å². The molecule has 0 radical (unpaired) electrons. The van der Waals surface area contributed by atoms with Crippen molar-refractivity contribution in [3.63, 3.8) is 0 Å². The zero-order valence-corrected chi connectivity index (χ0v) is 12.2. The number of aryl methyl sites for hydroxylation is 1. The third-order valence-electron chi connectivity index (χ3n) is 3.12. The first-order chi connectivity index (χ1) is 8.36. The molecule has 0 bridgehead atoms. The van der Waals surface area contributed by atoms with Gasteiger partial charge in [0.05, 0.1) is 11.4 Å². The molecule has 1 aromatic heterocycles. The van der Waals surface area contributed by atoms with Crippen molar-refractivity contribution < 1.29 is 8.42 Å². The minimum absolute atomic E-state index is 0.0417. The Hall–Kier alpha value is -0.920. The van der Waals surface area contributed by atoms with Crippen molar-refractivity contribution >= 4 is 10.0 Å². The standard InChI is InChI=1S/C11H22N4O2S/c1-5-6-8(2)15(4)18(16,17)11-9(3)13-14-10(11)7-12/h8H,5-7,12H2,1-4H3,(H,13,14). The van der Waals surface area contributed by atoms with Crippen LogP contribution in [-0.4, -0.2) is 36.0 Å². The second-order valence-electron chi connectivity index (χ2n) is 4.49. The lowest BCUT2D eigenvalue weighted by Gasteiger charge is -2.24. The van der Waals surface area contributed by atoms with Gasteiger partial charge in [0.15, 0.2) is 0 Å². The average Bonchev–Trinajstić information content (AvgIpc) is 2.70. The molecule has 0 aliphatic rings. The molecule has 0 aromatic carbocycles. The van der Waals surface area contributed by atoms with Gasteiger partial charge in [0.1, 0.15) is 4.90 Å². The molecule has 1 atom stereocenters. The quantitative estimate of drug-likeness (QED) is 0.809. The van der Waals surface area contributed by atoms with Gasteiger partial charge in [-0.3, -0.25) is 5.10 Å². The van der Waals surface area contributed by atoms with Gasteiger partial charge in [0.25, 0.3) is 0 Å². The van der Waals surface area contributed by atoms with E-state index >= 15 is 0 Å². The maximum absolute atomic E-state index is 12.5. The Kier molecular flexibility index (Phi) is 4.89. The van der Waals surface area contributed by atoms with E-state index in [1.807, 2.05) is 13.8 Å². The van der Waals surface area contributed by atoms with Gasteiger partial charge in [-0.25, -0.2) is 8.42 Å². The Labute approximate surface area is 109 Å². The highest BCUT2D eigenvalue weighted by atomic mass is 32.2. The summed E-state index contributed by atoms with van der Waals surface area (Å²) in [5, 5.41) is 6.62. The molecule has 1 unspecified atom stereocenters. The monoisotopic (exact) mass is 274 g/mol. The third kappa shape index (κ3) is 2.73. The summed E-state index contributed by atoms with van der Waals surface area (Å²) < 4.78 is 26.4. The van der Waals surface area contributed by atoms with E-state index in [4.69, 9.17) is 5.73 Å². The maximum Gasteiger partial charge on any atom is 0.246 e. The van der Waals surface area contributed by atoms with Crippen LogP contribution in [0.15, 0.2) is 4.90 Å². The van der Waals surface area contributed by atoms with Crippen LogP contribution in [0.25, 0.3) is 0 Å². The first-order valence-electron chi connectivity index (χ1n) is 6.08. The number of rotatable bonds is 6. The molecular weight excluding hydrogens is 252 g/mol. The van der Waals surface area contributed by atoms with Crippen molar-refractivity contribution in [2.75, 3.05) is 7.05 Å². The second-order valence-corrected chi connectivity index (χ2v) is 6.42. The van der Waals surface area contributed by atoms with Crippen LogP contribution in [0.4, 0.5) is 0 Å². The number of nitrogens with zero attached hydrogens (tertiary/aromatic N) is 2. The number of hydrogen-bond acceptors (Lipinski definition) is 4. The van der Waals surface area contributed by atoms with Gasteiger partial charge in [-0.05, 0) is 20.3 Å². The summed E-state index contributed by atoms with van der Waals surface area (Å²) in [7, 11) is -1.93. The highest BCUT2D eigenvalue weighted by Crippen LogP contribution is 2.23. The summed E-state index contributed by atoms with van der Waals surface area (Å²) in [6, 6.07) is -0.0417. The molecule has 0 aliphatic heterocycles. The summed E-state index contributed by atoms with van der Waals surface area (Å²) in [6.45, 7) is 5.73. The topological polar surface area (TPSA) is 92.1 Å². The molecule has 104 valence electrons. The number of H-pyrrole nitrogens is 1. The molecule has 18 heavy (non-hydrogen) atoms.